The maximum atomic E-state index is 10.0. The van der Waals surface area contributed by atoms with E-state index in [4.69, 9.17) is 35.6 Å². The molecular formula is C2H10N3O6P2+. The minimum absolute atomic E-state index is 0.321. The zero-order chi connectivity index (χ0) is 11.1. The zero-order valence-electron chi connectivity index (χ0n) is 6.31. The lowest BCUT2D eigenvalue weighted by atomic mass is 11.1. The summed E-state index contributed by atoms with van der Waals surface area (Å²) in [5, 5.41) is 0. The second-order valence-corrected chi connectivity index (χ2v) is 3.76. The Balaban J connectivity index is 0. The molecule has 0 atom stereocenters. The van der Waals surface area contributed by atoms with Crippen molar-refractivity contribution in [3.63, 3.8) is 0 Å². The van der Waals surface area contributed by atoms with Crippen LogP contribution in [0.25, 0.3) is 0 Å². The molecule has 0 heterocycles. The molecule has 0 radical (unpaired) electrons. The molecule has 0 spiro atoms. The summed E-state index contributed by atoms with van der Waals surface area (Å²) in [4.78, 5) is 33.7. The van der Waals surface area contributed by atoms with E-state index in [2.05, 4.69) is 4.99 Å². The van der Waals surface area contributed by atoms with Crippen LogP contribution in [-0.2, 0) is 9.13 Å². The molecule has 13 heavy (non-hydrogen) atoms. The molecule has 0 aliphatic rings. The van der Waals surface area contributed by atoms with Crippen LogP contribution in [0, 0.1) is 0 Å². The number of aliphatic imine (C=N–C) groups is 1. The summed E-state index contributed by atoms with van der Waals surface area (Å²) >= 11 is 0. The fourth-order valence-electron chi connectivity index (χ4n) is 0.174. The third-order valence-corrected chi connectivity index (χ3v) is 0.947. The van der Waals surface area contributed by atoms with Crippen LogP contribution in [0.2, 0.25) is 0 Å². The number of nitrogens with two attached hydrogens (primary N) is 2. The van der Waals surface area contributed by atoms with E-state index in [1.54, 1.807) is 0 Å². The van der Waals surface area contributed by atoms with Gasteiger partial charge in [-0.2, -0.15) is 0 Å². The Morgan fingerprint density at radius 1 is 1.38 bits per heavy atom. The zero-order valence-corrected chi connectivity index (χ0v) is 8.10. The Morgan fingerprint density at radius 2 is 1.69 bits per heavy atom. The summed E-state index contributed by atoms with van der Waals surface area (Å²) in [6.07, 6.45) is -0.644. The van der Waals surface area contributed by atoms with Gasteiger partial charge in [0.2, 0.25) is 0 Å². The molecule has 0 amide bonds. The predicted molar refractivity (Wildman–Crippen MR) is 44.8 cm³/mol. The first-order valence-corrected chi connectivity index (χ1v) is 5.56. The topological polar surface area (TPSA) is 179 Å². The largest absolute Gasteiger partial charge is 0.692 e. The lowest BCUT2D eigenvalue weighted by Crippen LogP contribution is -2.22. The van der Waals surface area contributed by atoms with Crippen molar-refractivity contribution in [3.8, 4) is 0 Å². The van der Waals surface area contributed by atoms with Gasteiger partial charge in [-0.25, -0.2) is 4.99 Å². The molecule has 8 N–H and O–H groups in total. The molecule has 0 rings (SSSR count). The normalized spacial score (nSPS) is 9.54. The molecule has 0 unspecified atom stereocenters. The Bertz CT molecular complexity index is 226. The van der Waals surface area contributed by atoms with E-state index in [9.17, 15) is 4.57 Å². The van der Waals surface area contributed by atoms with Gasteiger partial charge in [0.05, 0.1) is 0 Å². The van der Waals surface area contributed by atoms with Gasteiger partial charge in [-0.15, -0.1) is 9.79 Å². The van der Waals surface area contributed by atoms with Gasteiger partial charge in [-0.1, -0.05) is 0 Å². The third-order valence-electron chi connectivity index (χ3n) is 0.438. The molecular weight excluding hydrogens is 224 g/mol. The van der Waals surface area contributed by atoms with E-state index in [-0.39, 0.29) is 5.96 Å². The van der Waals surface area contributed by atoms with E-state index >= 15 is 0 Å². The number of hydrogen-bond acceptors (Lipinski definition) is 3. The first-order chi connectivity index (χ1) is 5.65. The van der Waals surface area contributed by atoms with Gasteiger partial charge in [0.1, 0.15) is 6.29 Å². The molecule has 0 saturated heterocycles. The first-order valence-electron chi connectivity index (χ1n) is 2.60. The van der Waals surface area contributed by atoms with Crippen LogP contribution >= 0.6 is 15.9 Å². The molecule has 0 aromatic heterocycles. The van der Waals surface area contributed by atoms with Crippen LogP contribution in [0.15, 0.2) is 4.99 Å². The average Bonchev–Trinajstić information content (AvgIpc) is 1.80. The summed E-state index contributed by atoms with van der Waals surface area (Å²) in [7, 11) is -6.94. The van der Waals surface area contributed by atoms with Gasteiger partial charge in [-0.05, 0) is 0 Å². The maximum Gasteiger partial charge on any atom is 0.692 e. The van der Waals surface area contributed by atoms with Crippen molar-refractivity contribution in [2.75, 3.05) is 6.29 Å². The van der Waals surface area contributed by atoms with Crippen molar-refractivity contribution in [3.05, 3.63) is 0 Å². The second-order valence-electron chi connectivity index (χ2n) is 1.64. The number of hydrogen-bond donors (Lipinski definition) is 6. The Kier molecular flexibility index (Phi) is 7.93. The van der Waals surface area contributed by atoms with Crippen LogP contribution in [0.4, 0.5) is 0 Å². The lowest BCUT2D eigenvalue weighted by molar-refractivity contribution is 0.374. The summed E-state index contributed by atoms with van der Waals surface area (Å²) in [5.74, 6) is -0.321. The van der Waals surface area contributed by atoms with Crippen molar-refractivity contribution < 1.29 is 28.7 Å². The molecule has 0 saturated carbocycles. The van der Waals surface area contributed by atoms with Crippen molar-refractivity contribution in [2.45, 2.75) is 0 Å². The highest BCUT2D eigenvalue weighted by atomic mass is 31.2. The van der Waals surface area contributed by atoms with E-state index in [0.717, 1.165) is 0 Å². The molecule has 0 aliphatic heterocycles. The highest BCUT2D eigenvalue weighted by Gasteiger charge is 2.10. The SMILES string of the molecule is NC(N)=NCP(=O)(O)O.O=[P+](O)O. The van der Waals surface area contributed by atoms with E-state index in [0.29, 0.717) is 0 Å². The average molecular weight is 234 g/mol. The highest BCUT2D eigenvalue weighted by Crippen LogP contribution is 2.33. The van der Waals surface area contributed by atoms with Gasteiger partial charge in [0.25, 0.3) is 0 Å². The molecule has 11 heteroatoms. The quantitative estimate of drug-likeness (QED) is 0.180. The minimum Gasteiger partial charge on any atom is -0.370 e. The monoisotopic (exact) mass is 234 g/mol. The van der Waals surface area contributed by atoms with E-state index < -0.39 is 22.1 Å². The molecule has 0 aromatic carbocycles. The Hall–Kier alpha value is -0.560. The Labute approximate surface area is 74.2 Å². The van der Waals surface area contributed by atoms with Crippen LogP contribution in [0.1, 0.15) is 0 Å². The van der Waals surface area contributed by atoms with Gasteiger partial charge in [-0.3, -0.25) is 4.57 Å². The number of guanidine groups is 1. The third kappa shape index (κ3) is 34.4. The Morgan fingerprint density at radius 3 is 1.77 bits per heavy atom. The van der Waals surface area contributed by atoms with E-state index in [1.807, 2.05) is 0 Å². The summed E-state index contributed by atoms with van der Waals surface area (Å²) in [5.41, 5.74) is 9.57. The molecule has 78 valence electrons. The van der Waals surface area contributed by atoms with Crippen molar-refractivity contribution in [1.29, 1.82) is 0 Å². The predicted octanol–water partition coefficient (Wildman–Crippen LogP) is -1.98. The van der Waals surface area contributed by atoms with Crippen molar-refractivity contribution in [2.24, 2.45) is 16.5 Å². The van der Waals surface area contributed by atoms with Gasteiger partial charge >= 0.3 is 15.9 Å². The fraction of sp³-hybridized carbons (Fsp3) is 0.500. The molecule has 0 fully saturated rings. The van der Waals surface area contributed by atoms with Gasteiger partial charge < -0.3 is 21.3 Å². The van der Waals surface area contributed by atoms with Crippen LogP contribution < -0.4 is 11.5 Å². The summed E-state index contributed by atoms with van der Waals surface area (Å²) < 4.78 is 18.7. The molecule has 9 nitrogen and oxygen atoms in total. The van der Waals surface area contributed by atoms with Crippen molar-refractivity contribution >= 4 is 21.8 Å². The summed E-state index contributed by atoms with van der Waals surface area (Å²) in [6, 6.07) is 0. The van der Waals surface area contributed by atoms with Crippen LogP contribution in [-0.4, -0.2) is 31.8 Å². The van der Waals surface area contributed by atoms with Crippen LogP contribution in [0.5, 0.6) is 0 Å². The maximum absolute atomic E-state index is 10.0. The van der Waals surface area contributed by atoms with Gasteiger partial charge in [0.15, 0.2) is 5.96 Å². The second kappa shape index (κ2) is 6.90. The van der Waals surface area contributed by atoms with Crippen molar-refractivity contribution in [1.82, 2.24) is 0 Å². The molecule has 0 aliphatic carbocycles. The lowest BCUT2D eigenvalue weighted by Gasteiger charge is -1.96. The van der Waals surface area contributed by atoms with E-state index in [1.165, 1.54) is 0 Å². The van der Waals surface area contributed by atoms with Gasteiger partial charge in [0, 0.05) is 4.57 Å². The standard InChI is InChI=1S/C2H8N3O3P.HO3P/c3-2(4)5-1-9(6,7)8;1-4(2)3/h1H2,(H4,3,4,5)(H2,6,7,8);(H-,1,2,3)/p+1. The molecule has 0 bridgehead atoms. The smallest absolute Gasteiger partial charge is 0.370 e. The number of nitrogens with zero attached hydrogens (tertiary/aromatic N) is 1. The molecule has 0 aromatic rings. The van der Waals surface area contributed by atoms with Crippen LogP contribution in [0.3, 0.4) is 0 Å². The number of rotatable bonds is 2. The first kappa shape index (κ1) is 14.9. The highest BCUT2D eigenvalue weighted by molar-refractivity contribution is 7.51. The fourth-order valence-corrected chi connectivity index (χ4v) is 0.521. The minimum atomic E-state index is -4.07. The summed E-state index contributed by atoms with van der Waals surface area (Å²) in [6.45, 7) is 0.